The number of halogens is 1. The first-order valence-corrected chi connectivity index (χ1v) is 12.1. The summed E-state index contributed by atoms with van der Waals surface area (Å²) in [6.07, 6.45) is 0. The Bertz CT molecular complexity index is 1450. The van der Waals surface area contributed by atoms with Gasteiger partial charge in [0.25, 0.3) is 0 Å². The second-order valence-corrected chi connectivity index (χ2v) is 9.35. The number of aromatic nitrogens is 1. The highest BCUT2D eigenvalue weighted by Crippen LogP contribution is 2.32. The van der Waals surface area contributed by atoms with Gasteiger partial charge in [0.2, 0.25) is 0 Å². The Labute approximate surface area is 208 Å². The van der Waals surface area contributed by atoms with E-state index in [2.05, 4.69) is 54.7 Å². The Morgan fingerprint density at radius 1 is 0.857 bits per heavy atom. The van der Waals surface area contributed by atoms with Gasteiger partial charge in [-0.2, -0.15) is 0 Å². The number of ether oxygens (including phenoxy) is 2. The molecule has 0 atom stereocenters. The van der Waals surface area contributed by atoms with Crippen LogP contribution in [0.3, 0.4) is 0 Å². The van der Waals surface area contributed by atoms with Crippen LogP contribution in [0.1, 0.15) is 16.7 Å². The lowest BCUT2D eigenvalue weighted by Crippen LogP contribution is -2.02. The van der Waals surface area contributed by atoms with Crippen molar-refractivity contribution >= 4 is 27.2 Å². The molecule has 176 valence electrons. The average Bonchev–Trinajstić information content (AvgIpc) is 3.31. The monoisotopic (exact) mass is 484 g/mol. The smallest absolute Gasteiger partial charge is 0.161 e. The van der Waals surface area contributed by atoms with E-state index < -0.39 is 0 Å². The van der Waals surface area contributed by atoms with Gasteiger partial charge >= 0.3 is 0 Å². The minimum Gasteiger partial charge on any atom is -0.493 e. The van der Waals surface area contributed by atoms with E-state index in [1.54, 1.807) is 30.6 Å². The van der Waals surface area contributed by atoms with Crippen molar-refractivity contribution in [2.45, 2.75) is 20.1 Å². The fraction of sp³-hybridized carbons (Fsp3) is 0.138. The second kappa shape index (κ2) is 10.2. The van der Waals surface area contributed by atoms with Crippen LogP contribution in [0, 0.1) is 12.7 Å². The van der Waals surface area contributed by atoms with Crippen LogP contribution >= 0.6 is 11.3 Å². The van der Waals surface area contributed by atoms with Crippen molar-refractivity contribution in [2.24, 2.45) is 0 Å². The van der Waals surface area contributed by atoms with Crippen molar-refractivity contribution < 1.29 is 13.9 Å². The Hall–Kier alpha value is -3.90. The third-order valence-corrected chi connectivity index (χ3v) is 6.78. The van der Waals surface area contributed by atoms with Gasteiger partial charge in [-0.1, -0.05) is 24.3 Å². The topological polar surface area (TPSA) is 43.4 Å². The molecule has 5 aromatic rings. The van der Waals surface area contributed by atoms with Gasteiger partial charge in [0.15, 0.2) is 11.5 Å². The lowest BCUT2D eigenvalue weighted by molar-refractivity contribution is 0.284. The lowest BCUT2D eigenvalue weighted by atomic mass is 10.1. The maximum Gasteiger partial charge on any atom is 0.161 e. The van der Waals surface area contributed by atoms with Crippen LogP contribution in [0.5, 0.6) is 11.5 Å². The molecule has 35 heavy (non-hydrogen) atoms. The maximum absolute atomic E-state index is 13.1. The first-order valence-electron chi connectivity index (χ1n) is 11.3. The largest absolute Gasteiger partial charge is 0.493 e. The highest BCUT2D eigenvalue weighted by molar-refractivity contribution is 7.21. The van der Waals surface area contributed by atoms with Crippen molar-refractivity contribution in [3.63, 3.8) is 0 Å². The van der Waals surface area contributed by atoms with Crippen LogP contribution in [-0.2, 0) is 13.2 Å². The van der Waals surface area contributed by atoms with Gasteiger partial charge in [-0.3, -0.25) is 0 Å². The van der Waals surface area contributed by atoms with E-state index >= 15 is 0 Å². The third kappa shape index (κ3) is 5.44. The predicted octanol–water partition coefficient (Wildman–Crippen LogP) is 7.61. The number of nitrogens with zero attached hydrogens (tertiary/aromatic N) is 1. The molecular weight excluding hydrogens is 459 g/mol. The summed E-state index contributed by atoms with van der Waals surface area (Å²) in [5.74, 6) is 1.05. The molecule has 0 aliphatic rings. The summed E-state index contributed by atoms with van der Waals surface area (Å²) >= 11 is 1.72. The summed E-state index contributed by atoms with van der Waals surface area (Å²) in [5, 5.41) is 4.48. The number of hydrogen-bond donors (Lipinski definition) is 1. The van der Waals surface area contributed by atoms with E-state index in [1.807, 2.05) is 18.2 Å². The van der Waals surface area contributed by atoms with Crippen molar-refractivity contribution in [3.8, 4) is 22.1 Å². The third-order valence-electron chi connectivity index (χ3n) is 5.71. The van der Waals surface area contributed by atoms with Gasteiger partial charge in [0, 0.05) is 17.8 Å². The van der Waals surface area contributed by atoms with Crippen LogP contribution in [0.15, 0.2) is 84.9 Å². The summed E-state index contributed by atoms with van der Waals surface area (Å²) in [4.78, 5) is 4.77. The number of thiazole rings is 1. The zero-order valence-corrected chi connectivity index (χ0v) is 20.4. The number of fused-ring (bicyclic) bond motifs is 1. The molecule has 1 heterocycles. The molecule has 4 nitrogen and oxygen atoms in total. The Balaban J connectivity index is 1.22. The highest BCUT2D eigenvalue weighted by atomic mass is 32.1. The molecule has 0 fully saturated rings. The molecule has 6 heteroatoms. The minimum atomic E-state index is -0.260. The Morgan fingerprint density at radius 3 is 2.40 bits per heavy atom. The van der Waals surface area contributed by atoms with Crippen LogP contribution in [0.4, 0.5) is 10.1 Å². The molecule has 0 spiro atoms. The Kier molecular flexibility index (Phi) is 6.64. The zero-order chi connectivity index (χ0) is 24.2. The SMILES string of the molecule is COc1cc(CNc2ccc(-c3nc4ccc(C)cc4s3)cc2)ccc1OCc1ccc(F)cc1. The van der Waals surface area contributed by atoms with Crippen LogP contribution in [0.2, 0.25) is 0 Å². The summed E-state index contributed by atoms with van der Waals surface area (Å²) in [5.41, 5.74) is 6.39. The van der Waals surface area contributed by atoms with Crippen molar-refractivity contribution in [2.75, 3.05) is 12.4 Å². The molecule has 0 aliphatic carbocycles. The standard InChI is InChI=1S/C29H25FN2O2S/c1-19-3-13-25-28(15-19)35-29(32-25)22-7-11-24(12-8-22)31-17-21-6-14-26(27(16-21)33-2)34-18-20-4-9-23(30)10-5-20/h3-16,31H,17-18H2,1-2H3. The number of rotatable bonds is 8. The van der Waals surface area contributed by atoms with Crippen LogP contribution in [-0.4, -0.2) is 12.1 Å². The molecule has 5 rings (SSSR count). The van der Waals surface area contributed by atoms with Gasteiger partial charge in [-0.05, 0) is 84.3 Å². The molecule has 0 saturated heterocycles. The Morgan fingerprint density at radius 2 is 1.63 bits per heavy atom. The van der Waals surface area contributed by atoms with Crippen molar-refractivity contribution in [1.82, 2.24) is 4.98 Å². The molecule has 1 N–H and O–H groups in total. The summed E-state index contributed by atoms with van der Waals surface area (Å²) in [7, 11) is 1.62. The number of benzene rings is 4. The van der Waals surface area contributed by atoms with E-state index in [1.165, 1.54) is 22.4 Å². The summed E-state index contributed by atoms with van der Waals surface area (Å²) in [6, 6.07) is 26.8. The minimum absolute atomic E-state index is 0.260. The maximum atomic E-state index is 13.1. The van der Waals surface area contributed by atoms with E-state index in [-0.39, 0.29) is 5.82 Å². The van der Waals surface area contributed by atoms with Crippen LogP contribution in [0.25, 0.3) is 20.8 Å². The first-order chi connectivity index (χ1) is 17.1. The summed E-state index contributed by atoms with van der Waals surface area (Å²) in [6.45, 7) is 3.09. The number of nitrogens with one attached hydrogen (secondary N) is 1. The van der Waals surface area contributed by atoms with E-state index in [0.717, 1.165) is 32.9 Å². The number of anilines is 1. The molecule has 0 aliphatic heterocycles. The molecule has 0 saturated carbocycles. The van der Waals surface area contributed by atoms with E-state index in [4.69, 9.17) is 14.5 Å². The fourth-order valence-corrected chi connectivity index (χ4v) is 4.84. The van der Waals surface area contributed by atoms with Crippen molar-refractivity contribution in [3.05, 3.63) is 107 Å². The normalized spacial score (nSPS) is 10.9. The van der Waals surface area contributed by atoms with Crippen molar-refractivity contribution in [1.29, 1.82) is 0 Å². The number of aryl methyl sites for hydroxylation is 1. The van der Waals surface area contributed by atoms with Gasteiger partial charge in [-0.25, -0.2) is 9.37 Å². The lowest BCUT2D eigenvalue weighted by Gasteiger charge is -2.13. The molecule has 0 unspecified atom stereocenters. The average molecular weight is 485 g/mol. The molecule has 4 aromatic carbocycles. The second-order valence-electron chi connectivity index (χ2n) is 8.32. The predicted molar refractivity (Wildman–Crippen MR) is 141 cm³/mol. The fourth-order valence-electron chi connectivity index (χ4n) is 3.77. The highest BCUT2D eigenvalue weighted by Gasteiger charge is 2.09. The van der Waals surface area contributed by atoms with Gasteiger partial charge in [0.05, 0.1) is 17.3 Å². The van der Waals surface area contributed by atoms with Gasteiger partial charge in [-0.15, -0.1) is 11.3 Å². The first kappa shape index (κ1) is 22.9. The van der Waals surface area contributed by atoms with Gasteiger partial charge in [0.1, 0.15) is 17.4 Å². The van der Waals surface area contributed by atoms with E-state index in [0.29, 0.717) is 24.7 Å². The molecule has 0 amide bonds. The molecule has 0 bridgehead atoms. The number of methoxy groups -OCH3 is 1. The summed E-state index contributed by atoms with van der Waals surface area (Å²) < 4.78 is 25.7. The van der Waals surface area contributed by atoms with Crippen LogP contribution < -0.4 is 14.8 Å². The quantitative estimate of drug-likeness (QED) is 0.246. The zero-order valence-electron chi connectivity index (χ0n) is 19.5. The molecule has 0 radical (unpaired) electrons. The molecule has 1 aromatic heterocycles. The van der Waals surface area contributed by atoms with E-state index in [9.17, 15) is 4.39 Å². The molecular formula is C29H25FN2O2S. The van der Waals surface area contributed by atoms with Gasteiger partial charge < -0.3 is 14.8 Å². The number of hydrogen-bond acceptors (Lipinski definition) is 5.